The Labute approximate surface area is 96.6 Å². The molecule has 0 aliphatic heterocycles. The van der Waals surface area contributed by atoms with Crippen molar-refractivity contribution in [2.75, 3.05) is 6.54 Å². The first-order chi connectivity index (χ1) is 7.79. The van der Waals surface area contributed by atoms with Crippen molar-refractivity contribution in [1.29, 1.82) is 5.26 Å². The molecule has 2 heteroatoms. The SMILES string of the molecule is C=CCNC1(C#N)CCc2ccccc2C1. The predicted octanol–water partition coefficient (Wildman–Crippen LogP) is 2.21. The van der Waals surface area contributed by atoms with Crippen LogP contribution in [0.5, 0.6) is 0 Å². The third kappa shape index (κ3) is 2.00. The summed E-state index contributed by atoms with van der Waals surface area (Å²) >= 11 is 0. The van der Waals surface area contributed by atoms with E-state index in [2.05, 4.69) is 36.2 Å². The Bertz CT molecular complexity index is 431. The van der Waals surface area contributed by atoms with Crippen molar-refractivity contribution in [3.05, 3.63) is 48.0 Å². The maximum atomic E-state index is 9.35. The molecule has 0 amide bonds. The van der Waals surface area contributed by atoms with Gasteiger partial charge in [0.05, 0.1) is 6.07 Å². The Morgan fingerprint density at radius 3 is 2.88 bits per heavy atom. The van der Waals surface area contributed by atoms with Gasteiger partial charge in [0.15, 0.2) is 0 Å². The summed E-state index contributed by atoms with van der Waals surface area (Å²) in [5.74, 6) is 0. The first kappa shape index (κ1) is 10.9. The molecule has 0 fully saturated rings. The van der Waals surface area contributed by atoms with Gasteiger partial charge in [-0.3, -0.25) is 5.32 Å². The van der Waals surface area contributed by atoms with Crippen LogP contribution < -0.4 is 5.32 Å². The van der Waals surface area contributed by atoms with E-state index in [1.165, 1.54) is 11.1 Å². The van der Waals surface area contributed by atoms with Crippen molar-refractivity contribution in [3.8, 4) is 6.07 Å². The zero-order chi connectivity index (χ0) is 11.4. The number of nitrogens with zero attached hydrogens (tertiary/aromatic N) is 1. The molecule has 0 spiro atoms. The molecule has 1 aliphatic rings. The van der Waals surface area contributed by atoms with Gasteiger partial charge in [0.25, 0.3) is 0 Å². The van der Waals surface area contributed by atoms with Crippen molar-refractivity contribution < 1.29 is 0 Å². The van der Waals surface area contributed by atoms with Gasteiger partial charge in [-0.15, -0.1) is 6.58 Å². The van der Waals surface area contributed by atoms with Crippen LogP contribution in [0.2, 0.25) is 0 Å². The predicted molar refractivity (Wildman–Crippen MR) is 65.0 cm³/mol. The summed E-state index contributed by atoms with van der Waals surface area (Å²) in [5.41, 5.74) is 2.28. The number of rotatable bonds is 3. The summed E-state index contributed by atoms with van der Waals surface area (Å²) in [6, 6.07) is 10.8. The second kappa shape index (κ2) is 4.51. The van der Waals surface area contributed by atoms with E-state index in [9.17, 15) is 5.26 Å². The van der Waals surface area contributed by atoms with Gasteiger partial charge >= 0.3 is 0 Å². The highest BCUT2D eigenvalue weighted by Crippen LogP contribution is 2.28. The molecule has 0 heterocycles. The van der Waals surface area contributed by atoms with Crippen LogP contribution in [0.1, 0.15) is 17.5 Å². The van der Waals surface area contributed by atoms with Gasteiger partial charge in [0.1, 0.15) is 5.54 Å². The number of benzene rings is 1. The Kier molecular flexibility index (Phi) is 3.07. The molecule has 2 rings (SSSR count). The maximum Gasteiger partial charge on any atom is 0.111 e. The number of fused-ring (bicyclic) bond motifs is 1. The topological polar surface area (TPSA) is 35.8 Å². The molecule has 0 saturated carbocycles. The number of nitriles is 1. The normalized spacial score (nSPS) is 23.2. The lowest BCUT2D eigenvalue weighted by Crippen LogP contribution is -2.48. The van der Waals surface area contributed by atoms with Gasteiger partial charge in [0.2, 0.25) is 0 Å². The molecule has 0 bridgehead atoms. The molecule has 1 atom stereocenters. The first-order valence-electron chi connectivity index (χ1n) is 5.64. The van der Waals surface area contributed by atoms with E-state index in [1.54, 1.807) is 6.08 Å². The maximum absolute atomic E-state index is 9.35. The monoisotopic (exact) mass is 212 g/mol. The fourth-order valence-electron chi connectivity index (χ4n) is 2.29. The molecule has 16 heavy (non-hydrogen) atoms. The van der Waals surface area contributed by atoms with Gasteiger partial charge in [-0.25, -0.2) is 0 Å². The average molecular weight is 212 g/mol. The van der Waals surface area contributed by atoms with Crippen molar-refractivity contribution in [2.45, 2.75) is 24.8 Å². The quantitative estimate of drug-likeness (QED) is 0.780. The van der Waals surface area contributed by atoms with Gasteiger partial charge in [0, 0.05) is 13.0 Å². The van der Waals surface area contributed by atoms with Gasteiger partial charge in [-0.1, -0.05) is 30.3 Å². The Hall–Kier alpha value is -1.59. The lowest BCUT2D eigenvalue weighted by molar-refractivity contribution is 0.381. The van der Waals surface area contributed by atoms with Crippen molar-refractivity contribution in [3.63, 3.8) is 0 Å². The van der Waals surface area contributed by atoms with Gasteiger partial charge in [-0.2, -0.15) is 5.26 Å². The van der Waals surface area contributed by atoms with Gasteiger partial charge in [-0.05, 0) is 24.0 Å². The minimum Gasteiger partial charge on any atom is -0.296 e. The molecular weight excluding hydrogens is 196 g/mol. The summed E-state index contributed by atoms with van der Waals surface area (Å²) in [6.07, 6.45) is 4.47. The minimum atomic E-state index is -0.400. The number of hydrogen-bond donors (Lipinski definition) is 1. The molecule has 2 nitrogen and oxygen atoms in total. The largest absolute Gasteiger partial charge is 0.296 e. The van der Waals surface area contributed by atoms with Crippen molar-refractivity contribution in [2.24, 2.45) is 0 Å². The van der Waals surface area contributed by atoms with Gasteiger partial charge < -0.3 is 0 Å². The third-order valence-corrected chi connectivity index (χ3v) is 3.23. The van der Waals surface area contributed by atoms with Crippen molar-refractivity contribution in [1.82, 2.24) is 5.32 Å². The summed E-state index contributed by atoms with van der Waals surface area (Å²) < 4.78 is 0. The van der Waals surface area contributed by atoms with E-state index < -0.39 is 5.54 Å². The third-order valence-electron chi connectivity index (χ3n) is 3.23. The van der Waals surface area contributed by atoms with E-state index in [0.717, 1.165) is 19.3 Å². The number of nitrogens with one attached hydrogen (secondary N) is 1. The molecule has 0 radical (unpaired) electrons. The van der Waals surface area contributed by atoms with Crippen LogP contribution in [0, 0.1) is 11.3 Å². The molecule has 1 N–H and O–H groups in total. The zero-order valence-electron chi connectivity index (χ0n) is 9.37. The molecule has 82 valence electrons. The summed E-state index contributed by atoms with van der Waals surface area (Å²) in [4.78, 5) is 0. The van der Waals surface area contributed by atoms with E-state index in [1.807, 2.05) is 6.07 Å². The highest BCUT2D eigenvalue weighted by Gasteiger charge is 2.33. The highest BCUT2D eigenvalue weighted by atomic mass is 15.0. The summed E-state index contributed by atoms with van der Waals surface area (Å²) in [6.45, 7) is 4.37. The van der Waals surface area contributed by atoms with Crippen molar-refractivity contribution >= 4 is 0 Å². The average Bonchev–Trinajstić information content (AvgIpc) is 2.36. The summed E-state index contributed by atoms with van der Waals surface area (Å²) in [7, 11) is 0. The van der Waals surface area contributed by atoms with Crippen LogP contribution in [-0.2, 0) is 12.8 Å². The Morgan fingerprint density at radius 2 is 2.19 bits per heavy atom. The zero-order valence-corrected chi connectivity index (χ0v) is 9.37. The molecule has 1 aromatic carbocycles. The highest BCUT2D eigenvalue weighted by molar-refractivity contribution is 5.35. The molecule has 0 saturated heterocycles. The Morgan fingerprint density at radius 1 is 1.44 bits per heavy atom. The molecule has 1 aliphatic carbocycles. The lowest BCUT2D eigenvalue weighted by atomic mass is 9.79. The number of hydrogen-bond acceptors (Lipinski definition) is 2. The van der Waals surface area contributed by atoms with Crippen LogP contribution >= 0.6 is 0 Å². The van der Waals surface area contributed by atoms with E-state index in [4.69, 9.17) is 0 Å². The van der Waals surface area contributed by atoms with Crippen LogP contribution in [0.4, 0.5) is 0 Å². The molecular formula is C14H16N2. The standard InChI is InChI=1S/C14H16N2/c1-2-9-16-14(11-15)8-7-12-5-3-4-6-13(12)10-14/h2-6,16H,1,7-10H2. The molecule has 0 aromatic heterocycles. The van der Waals surface area contributed by atoms with Crippen LogP contribution in [-0.4, -0.2) is 12.1 Å². The van der Waals surface area contributed by atoms with E-state index >= 15 is 0 Å². The Balaban J connectivity index is 2.22. The van der Waals surface area contributed by atoms with E-state index in [0.29, 0.717) is 6.54 Å². The second-order valence-electron chi connectivity index (χ2n) is 4.31. The fraction of sp³-hybridized carbons (Fsp3) is 0.357. The van der Waals surface area contributed by atoms with E-state index in [-0.39, 0.29) is 0 Å². The van der Waals surface area contributed by atoms with Crippen LogP contribution in [0.15, 0.2) is 36.9 Å². The van der Waals surface area contributed by atoms with Crippen LogP contribution in [0.25, 0.3) is 0 Å². The minimum absolute atomic E-state index is 0.400. The first-order valence-corrected chi connectivity index (χ1v) is 5.64. The smallest absolute Gasteiger partial charge is 0.111 e. The molecule has 1 unspecified atom stereocenters. The lowest BCUT2D eigenvalue weighted by Gasteiger charge is -2.32. The number of aryl methyl sites for hydroxylation is 1. The fourth-order valence-corrected chi connectivity index (χ4v) is 2.29. The molecule has 1 aromatic rings. The van der Waals surface area contributed by atoms with Crippen LogP contribution in [0.3, 0.4) is 0 Å². The summed E-state index contributed by atoms with van der Waals surface area (Å²) in [5, 5.41) is 12.6. The second-order valence-corrected chi connectivity index (χ2v) is 4.31.